The minimum absolute atomic E-state index is 0.0694. The van der Waals surface area contributed by atoms with E-state index in [2.05, 4.69) is 15.5 Å². The van der Waals surface area contributed by atoms with Crippen molar-refractivity contribution in [3.05, 3.63) is 46.9 Å². The molecule has 2 bridgehead atoms. The number of hydrogen-bond donors (Lipinski definition) is 2. The first-order chi connectivity index (χ1) is 14.1. The Bertz CT molecular complexity index is 1100. The number of phenolic OH excluding ortho intramolecular Hbond substituents is 1. The molecule has 2 unspecified atom stereocenters. The molecule has 1 aromatic carbocycles. The molecule has 150 valence electrons. The van der Waals surface area contributed by atoms with Crippen molar-refractivity contribution in [1.29, 1.82) is 0 Å². The summed E-state index contributed by atoms with van der Waals surface area (Å²) in [6.45, 7) is 0. The Morgan fingerprint density at radius 1 is 1.14 bits per heavy atom. The highest BCUT2D eigenvalue weighted by Crippen LogP contribution is 2.32. The van der Waals surface area contributed by atoms with Crippen molar-refractivity contribution in [3.8, 4) is 22.9 Å². The number of piperidine rings is 2. The second kappa shape index (κ2) is 7.15. The van der Waals surface area contributed by atoms with Gasteiger partial charge in [0.05, 0.1) is 5.69 Å². The van der Waals surface area contributed by atoms with Gasteiger partial charge in [-0.2, -0.15) is 0 Å². The lowest BCUT2D eigenvalue weighted by Crippen LogP contribution is -2.51. The predicted octanol–water partition coefficient (Wildman–Crippen LogP) is 2.75. The van der Waals surface area contributed by atoms with Crippen molar-refractivity contribution in [1.82, 2.24) is 20.1 Å². The molecular weight excluding hydrogens is 368 g/mol. The van der Waals surface area contributed by atoms with Crippen molar-refractivity contribution >= 4 is 10.8 Å². The molecule has 2 aliphatic rings. The van der Waals surface area contributed by atoms with Gasteiger partial charge in [0.15, 0.2) is 0 Å². The third kappa shape index (κ3) is 3.46. The van der Waals surface area contributed by atoms with Gasteiger partial charge in [-0.05, 0) is 55.3 Å². The monoisotopic (exact) mass is 392 g/mol. The summed E-state index contributed by atoms with van der Waals surface area (Å²) in [6.07, 6.45) is 7.54. The van der Waals surface area contributed by atoms with E-state index in [4.69, 9.17) is 4.74 Å². The van der Waals surface area contributed by atoms with Gasteiger partial charge < -0.3 is 19.7 Å². The Labute approximate surface area is 168 Å². The number of nitrogens with zero attached hydrogens (tertiary/aromatic N) is 3. The maximum Gasteiger partial charge on any atom is 0.258 e. The quantitative estimate of drug-likeness (QED) is 0.712. The topological polar surface area (TPSA) is 89.3 Å². The lowest BCUT2D eigenvalue weighted by atomic mass is 9.85. The van der Waals surface area contributed by atoms with Gasteiger partial charge in [-0.15, -0.1) is 10.2 Å². The average Bonchev–Trinajstić information content (AvgIpc) is 2.71. The maximum absolute atomic E-state index is 12.4. The zero-order chi connectivity index (χ0) is 20.0. The Balaban J connectivity index is 1.39. The first kappa shape index (κ1) is 18.1. The molecule has 2 aliphatic heterocycles. The molecule has 2 aromatic heterocycles. The van der Waals surface area contributed by atoms with Crippen LogP contribution in [0.1, 0.15) is 32.1 Å². The Morgan fingerprint density at radius 3 is 2.66 bits per heavy atom. The van der Waals surface area contributed by atoms with E-state index >= 15 is 0 Å². The molecule has 7 heteroatoms. The highest BCUT2D eigenvalue weighted by atomic mass is 16.5. The van der Waals surface area contributed by atoms with E-state index < -0.39 is 0 Å². The molecule has 5 rings (SSSR count). The lowest BCUT2D eigenvalue weighted by Gasteiger charge is -2.39. The molecule has 0 aliphatic carbocycles. The van der Waals surface area contributed by atoms with E-state index in [1.54, 1.807) is 43.6 Å². The average molecular weight is 392 g/mol. The number of phenols is 1. The highest BCUT2D eigenvalue weighted by Gasteiger charge is 2.32. The van der Waals surface area contributed by atoms with Gasteiger partial charge in [0, 0.05) is 42.3 Å². The summed E-state index contributed by atoms with van der Waals surface area (Å²) in [6, 6.07) is 9.70. The SMILES string of the molecule is Cn1ccc2cc(O)c(-c3ccc(OC4CC5CCCC(C4)N5)nn3)cc2c1=O. The number of fused-ring (bicyclic) bond motifs is 3. The number of benzene rings is 1. The maximum atomic E-state index is 12.4. The van der Waals surface area contributed by atoms with Crippen LogP contribution in [0.2, 0.25) is 0 Å². The smallest absolute Gasteiger partial charge is 0.258 e. The first-order valence-electron chi connectivity index (χ1n) is 10.2. The highest BCUT2D eigenvalue weighted by molar-refractivity contribution is 5.89. The zero-order valence-electron chi connectivity index (χ0n) is 16.3. The molecule has 7 nitrogen and oxygen atoms in total. The van der Waals surface area contributed by atoms with Crippen LogP contribution in [0.25, 0.3) is 22.0 Å². The normalized spacial score (nSPS) is 23.8. The van der Waals surface area contributed by atoms with Gasteiger partial charge >= 0.3 is 0 Å². The molecule has 0 saturated carbocycles. The Hall–Kier alpha value is -2.93. The van der Waals surface area contributed by atoms with Gasteiger partial charge in [-0.25, -0.2) is 0 Å². The summed E-state index contributed by atoms with van der Waals surface area (Å²) in [5.74, 6) is 0.565. The third-order valence-electron chi connectivity index (χ3n) is 6.07. The number of hydrogen-bond acceptors (Lipinski definition) is 6. The van der Waals surface area contributed by atoms with Crippen molar-refractivity contribution in [2.45, 2.75) is 50.3 Å². The van der Waals surface area contributed by atoms with E-state index in [9.17, 15) is 9.90 Å². The fourth-order valence-electron chi connectivity index (χ4n) is 4.59. The van der Waals surface area contributed by atoms with Gasteiger partial charge in [0.25, 0.3) is 5.56 Å². The van der Waals surface area contributed by atoms with Crippen LogP contribution in [-0.2, 0) is 7.05 Å². The lowest BCUT2D eigenvalue weighted by molar-refractivity contribution is 0.0881. The zero-order valence-corrected chi connectivity index (χ0v) is 16.3. The summed E-state index contributed by atoms with van der Waals surface area (Å²) in [5.41, 5.74) is 0.870. The fraction of sp³-hybridized carbons (Fsp3) is 0.409. The summed E-state index contributed by atoms with van der Waals surface area (Å²) >= 11 is 0. The van der Waals surface area contributed by atoms with Crippen LogP contribution in [-0.4, -0.2) is 38.1 Å². The van der Waals surface area contributed by atoms with Crippen LogP contribution in [0.15, 0.2) is 41.3 Å². The van der Waals surface area contributed by atoms with Crippen molar-refractivity contribution in [2.75, 3.05) is 0 Å². The summed E-state index contributed by atoms with van der Waals surface area (Å²) in [4.78, 5) is 12.4. The van der Waals surface area contributed by atoms with Gasteiger partial charge in [0.2, 0.25) is 5.88 Å². The van der Waals surface area contributed by atoms with E-state index in [1.807, 2.05) is 0 Å². The van der Waals surface area contributed by atoms with Crippen LogP contribution in [0.4, 0.5) is 0 Å². The van der Waals surface area contributed by atoms with E-state index in [0.717, 1.165) is 12.8 Å². The summed E-state index contributed by atoms with van der Waals surface area (Å²) in [5, 5.41) is 23.8. The number of aryl methyl sites for hydroxylation is 1. The minimum atomic E-state index is -0.117. The second-order valence-corrected chi connectivity index (χ2v) is 8.15. The number of rotatable bonds is 3. The molecule has 29 heavy (non-hydrogen) atoms. The van der Waals surface area contributed by atoms with Crippen LogP contribution in [0.3, 0.4) is 0 Å². The van der Waals surface area contributed by atoms with E-state index in [0.29, 0.717) is 40.0 Å². The number of aromatic hydroxyl groups is 1. The van der Waals surface area contributed by atoms with Crippen LogP contribution < -0.4 is 15.6 Å². The third-order valence-corrected chi connectivity index (χ3v) is 6.07. The first-order valence-corrected chi connectivity index (χ1v) is 10.2. The Kier molecular flexibility index (Phi) is 4.47. The number of nitrogens with one attached hydrogen (secondary N) is 1. The molecule has 0 radical (unpaired) electrons. The van der Waals surface area contributed by atoms with Gasteiger partial charge in [-0.1, -0.05) is 6.42 Å². The van der Waals surface area contributed by atoms with Gasteiger partial charge in [0.1, 0.15) is 11.9 Å². The van der Waals surface area contributed by atoms with Crippen molar-refractivity contribution < 1.29 is 9.84 Å². The molecule has 0 amide bonds. The van der Waals surface area contributed by atoms with E-state index in [-0.39, 0.29) is 17.4 Å². The fourth-order valence-corrected chi connectivity index (χ4v) is 4.59. The molecule has 2 fully saturated rings. The van der Waals surface area contributed by atoms with Crippen LogP contribution >= 0.6 is 0 Å². The number of ether oxygens (including phenoxy) is 1. The number of aromatic nitrogens is 3. The predicted molar refractivity (Wildman–Crippen MR) is 110 cm³/mol. The summed E-state index contributed by atoms with van der Waals surface area (Å²) < 4.78 is 7.60. The molecule has 2 N–H and O–H groups in total. The molecule has 4 heterocycles. The standard InChI is InChI=1S/C22H24N4O3/c1-26-8-7-13-9-20(27)18(12-17(13)22(26)28)19-5-6-21(25-24-19)29-16-10-14-3-2-4-15(11-16)23-14/h5-9,12,14-16,23,27H,2-4,10-11H2,1H3. The van der Waals surface area contributed by atoms with Crippen LogP contribution in [0.5, 0.6) is 11.6 Å². The molecule has 0 spiro atoms. The van der Waals surface area contributed by atoms with Crippen molar-refractivity contribution in [3.63, 3.8) is 0 Å². The number of pyridine rings is 1. The molecule has 2 saturated heterocycles. The largest absolute Gasteiger partial charge is 0.507 e. The van der Waals surface area contributed by atoms with Crippen molar-refractivity contribution in [2.24, 2.45) is 7.05 Å². The molecule has 2 atom stereocenters. The summed E-state index contributed by atoms with van der Waals surface area (Å²) in [7, 11) is 1.70. The van der Waals surface area contributed by atoms with Gasteiger partial charge in [-0.3, -0.25) is 4.79 Å². The Morgan fingerprint density at radius 2 is 1.93 bits per heavy atom. The minimum Gasteiger partial charge on any atom is -0.507 e. The molecular formula is C22H24N4O3. The molecule has 3 aromatic rings. The van der Waals surface area contributed by atoms with E-state index in [1.165, 1.54) is 23.8 Å². The van der Waals surface area contributed by atoms with Crippen LogP contribution in [0, 0.1) is 0 Å². The second-order valence-electron chi connectivity index (χ2n) is 8.15.